The zero-order valence-corrected chi connectivity index (χ0v) is 14.7. The van der Waals surface area contributed by atoms with Crippen molar-refractivity contribution in [3.05, 3.63) is 52.8 Å². The molecule has 0 spiro atoms. The number of benzene rings is 1. The van der Waals surface area contributed by atoms with Crippen LogP contribution in [0, 0.1) is 0 Å². The van der Waals surface area contributed by atoms with Gasteiger partial charge in [-0.15, -0.1) is 0 Å². The second kappa shape index (κ2) is 7.41. The largest absolute Gasteiger partial charge is 0.374 e. The van der Waals surface area contributed by atoms with Crippen molar-refractivity contribution in [3.63, 3.8) is 0 Å². The first-order valence-corrected chi connectivity index (χ1v) is 9.27. The molecule has 2 aliphatic rings. The summed E-state index contributed by atoms with van der Waals surface area (Å²) in [4.78, 5) is 27.0. The van der Waals surface area contributed by atoms with E-state index in [1.54, 1.807) is 6.07 Å². The quantitative estimate of drug-likeness (QED) is 0.847. The van der Waals surface area contributed by atoms with E-state index in [0.717, 1.165) is 31.2 Å². The molecule has 1 aliphatic carbocycles. The van der Waals surface area contributed by atoms with E-state index in [1.165, 1.54) is 10.7 Å². The van der Waals surface area contributed by atoms with E-state index in [-0.39, 0.29) is 30.2 Å². The van der Waals surface area contributed by atoms with Gasteiger partial charge in [0.2, 0.25) is 5.91 Å². The van der Waals surface area contributed by atoms with E-state index in [2.05, 4.69) is 5.10 Å². The van der Waals surface area contributed by atoms with Crippen LogP contribution in [0.3, 0.4) is 0 Å². The average molecular weight is 353 g/mol. The van der Waals surface area contributed by atoms with Crippen LogP contribution in [-0.4, -0.2) is 45.9 Å². The van der Waals surface area contributed by atoms with E-state index in [4.69, 9.17) is 4.74 Å². The number of hydrogen-bond acceptors (Lipinski definition) is 4. The number of amides is 1. The Bertz CT molecular complexity index is 832. The lowest BCUT2D eigenvalue weighted by atomic mass is 9.90. The first-order chi connectivity index (χ1) is 12.7. The molecule has 1 aromatic carbocycles. The van der Waals surface area contributed by atoms with Crippen LogP contribution in [0.2, 0.25) is 0 Å². The normalized spacial score (nSPS) is 22.7. The van der Waals surface area contributed by atoms with E-state index >= 15 is 0 Å². The summed E-state index contributed by atoms with van der Waals surface area (Å²) in [6, 6.07) is 13.0. The molecule has 2 fully saturated rings. The van der Waals surface area contributed by atoms with Crippen LogP contribution < -0.4 is 5.56 Å². The Morgan fingerprint density at radius 2 is 1.92 bits per heavy atom. The highest BCUT2D eigenvalue weighted by molar-refractivity contribution is 5.76. The van der Waals surface area contributed by atoms with Crippen molar-refractivity contribution in [2.45, 2.75) is 44.4 Å². The molecule has 2 atom stereocenters. The predicted octanol–water partition coefficient (Wildman–Crippen LogP) is 2.08. The SMILES string of the molecule is O=C(Cn1nc(-c2ccccc2)ccc1=O)N1CCO[C@@H]2CCCC[C@@H]21. The van der Waals surface area contributed by atoms with Crippen molar-refractivity contribution in [1.82, 2.24) is 14.7 Å². The Hall–Kier alpha value is -2.47. The summed E-state index contributed by atoms with van der Waals surface area (Å²) >= 11 is 0. The van der Waals surface area contributed by atoms with Crippen molar-refractivity contribution < 1.29 is 9.53 Å². The molecule has 4 rings (SSSR count). The highest BCUT2D eigenvalue weighted by atomic mass is 16.5. The third-order valence-corrected chi connectivity index (χ3v) is 5.27. The standard InChI is InChI=1S/C20H23N3O3/c24-19-11-10-16(15-6-2-1-3-7-15)21-23(19)14-20(25)22-12-13-26-18-9-5-4-8-17(18)22/h1-3,6-7,10-11,17-18H,4-5,8-9,12-14H2/t17-,18+/m0/s1. The summed E-state index contributed by atoms with van der Waals surface area (Å²) < 4.78 is 7.11. The fourth-order valence-electron chi connectivity index (χ4n) is 3.95. The predicted molar refractivity (Wildman–Crippen MR) is 97.6 cm³/mol. The summed E-state index contributed by atoms with van der Waals surface area (Å²) in [7, 11) is 0. The van der Waals surface area contributed by atoms with Gasteiger partial charge < -0.3 is 9.64 Å². The van der Waals surface area contributed by atoms with Gasteiger partial charge in [-0.25, -0.2) is 4.68 Å². The fourth-order valence-corrected chi connectivity index (χ4v) is 3.95. The smallest absolute Gasteiger partial charge is 0.267 e. The third kappa shape index (κ3) is 3.42. The highest BCUT2D eigenvalue weighted by Gasteiger charge is 2.36. The molecule has 2 heterocycles. The molecule has 1 saturated carbocycles. The van der Waals surface area contributed by atoms with Crippen LogP contribution in [0.4, 0.5) is 0 Å². The summed E-state index contributed by atoms with van der Waals surface area (Å²) in [5.74, 6) is -0.0509. The molecule has 26 heavy (non-hydrogen) atoms. The Labute approximate surface area is 152 Å². The number of hydrogen-bond donors (Lipinski definition) is 0. The van der Waals surface area contributed by atoms with Crippen molar-refractivity contribution in [2.75, 3.05) is 13.2 Å². The van der Waals surface area contributed by atoms with Crippen molar-refractivity contribution in [2.24, 2.45) is 0 Å². The van der Waals surface area contributed by atoms with Gasteiger partial charge in [-0.05, 0) is 18.9 Å². The van der Waals surface area contributed by atoms with E-state index < -0.39 is 0 Å². The highest BCUT2D eigenvalue weighted by Crippen LogP contribution is 2.28. The zero-order valence-electron chi connectivity index (χ0n) is 14.7. The van der Waals surface area contributed by atoms with Gasteiger partial charge in [-0.2, -0.15) is 5.10 Å². The second-order valence-electron chi connectivity index (χ2n) is 6.93. The van der Waals surface area contributed by atoms with Gasteiger partial charge in [0.25, 0.3) is 5.56 Å². The molecule has 1 aromatic heterocycles. The van der Waals surface area contributed by atoms with Crippen molar-refractivity contribution >= 4 is 5.91 Å². The zero-order chi connectivity index (χ0) is 17.9. The molecule has 0 radical (unpaired) electrons. The molecule has 6 nitrogen and oxygen atoms in total. The first-order valence-electron chi connectivity index (χ1n) is 9.27. The average Bonchev–Trinajstić information content (AvgIpc) is 2.70. The summed E-state index contributed by atoms with van der Waals surface area (Å²) in [6.45, 7) is 1.13. The number of nitrogens with zero attached hydrogens (tertiary/aromatic N) is 3. The molecular weight excluding hydrogens is 330 g/mol. The van der Waals surface area contributed by atoms with E-state index in [0.29, 0.717) is 18.8 Å². The van der Waals surface area contributed by atoms with Crippen LogP contribution in [0.25, 0.3) is 11.3 Å². The molecule has 0 N–H and O–H groups in total. The molecule has 1 amide bonds. The monoisotopic (exact) mass is 353 g/mol. The minimum atomic E-state index is -0.258. The van der Waals surface area contributed by atoms with Gasteiger partial charge in [0.05, 0.1) is 24.4 Å². The molecule has 136 valence electrons. The van der Waals surface area contributed by atoms with E-state index in [9.17, 15) is 9.59 Å². The van der Waals surface area contributed by atoms with Gasteiger partial charge in [0.1, 0.15) is 6.54 Å². The number of ether oxygens (including phenoxy) is 1. The Morgan fingerprint density at radius 1 is 1.12 bits per heavy atom. The third-order valence-electron chi connectivity index (χ3n) is 5.27. The fraction of sp³-hybridized carbons (Fsp3) is 0.450. The van der Waals surface area contributed by atoms with Gasteiger partial charge in [-0.3, -0.25) is 9.59 Å². The summed E-state index contributed by atoms with van der Waals surface area (Å²) in [5.41, 5.74) is 1.36. The number of morpholine rings is 1. The van der Waals surface area contributed by atoms with Crippen LogP contribution in [-0.2, 0) is 16.1 Å². The molecule has 1 saturated heterocycles. The Kier molecular flexibility index (Phi) is 4.84. The first kappa shape index (κ1) is 17.0. The van der Waals surface area contributed by atoms with Gasteiger partial charge in [0.15, 0.2) is 0 Å². The lowest BCUT2D eigenvalue weighted by Gasteiger charge is -2.43. The molecule has 2 aromatic rings. The Morgan fingerprint density at radius 3 is 2.77 bits per heavy atom. The van der Waals surface area contributed by atoms with Crippen LogP contribution >= 0.6 is 0 Å². The molecule has 1 aliphatic heterocycles. The van der Waals surface area contributed by atoms with Crippen molar-refractivity contribution in [1.29, 1.82) is 0 Å². The minimum absolute atomic E-state index is 0.0251. The lowest BCUT2D eigenvalue weighted by molar-refractivity contribution is -0.150. The van der Waals surface area contributed by atoms with Gasteiger partial charge >= 0.3 is 0 Å². The second-order valence-corrected chi connectivity index (χ2v) is 6.93. The van der Waals surface area contributed by atoms with Crippen LogP contribution in [0.1, 0.15) is 25.7 Å². The maximum Gasteiger partial charge on any atom is 0.267 e. The minimum Gasteiger partial charge on any atom is -0.374 e. The number of fused-ring (bicyclic) bond motifs is 1. The van der Waals surface area contributed by atoms with Crippen LogP contribution in [0.15, 0.2) is 47.3 Å². The topological polar surface area (TPSA) is 64.4 Å². The Balaban J connectivity index is 1.55. The maximum atomic E-state index is 12.9. The number of aromatic nitrogens is 2. The molecule has 6 heteroatoms. The number of carbonyl (C=O) groups is 1. The summed E-state index contributed by atoms with van der Waals surface area (Å²) in [5, 5.41) is 4.41. The molecular formula is C20H23N3O3. The van der Waals surface area contributed by atoms with Crippen molar-refractivity contribution in [3.8, 4) is 11.3 Å². The lowest BCUT2D eigenvalue weighted by Crippen LogP contribution is -2.55. The van der Waals surface area contributed by atoms with Gasteiger partial charge in [-0.1, -0.05) is 43.2 Å². The summed E-state index contributed by atoms with van der Waals surface area (Å²) in [6.07, 6.45) is 4.40. The molecule has 0 unspecified atom stereocenters. The number of rotatable bonds is 3. The van der Waals surface area contributed by atoms with Gasteiger partial charge in [0, 0.05) is 18.2 Å². The molecule has 0 bridgehead atoms. The number of carbonyl (C=O) groups excluding carboxylic acids is 1. The maximum absolute atomic E-state index is 12.9. The van der Waals surface area contributed by atoms with E-state index in [1.807, 2.05) is 35.2 Å². The van der Waals surface area contributed by atoms with Crippen LogP contribution in [0.5, 0.6) is 0 Å².